The van der Waals surface area contributed by atoms with E-state index in [1.165, 1.54) is 0 Å². The quantitative estimate of drug-likeness (QED) is 0.638. The van der Waals surface area contributed by atoms with E-state index in [0.717, 1.165) is 18.6 Å². The van der Waals surface area contributed by atoms with Crippen molar-refractivity contribution >= 4 is 23.2 Å². The summed E-state index contributed by atoms with van der Waals surface area (Å²) in [5.74, 6) is 1.26. The van der Waals surface area contributed by atoms with Gasteiger partial charge in [0.25, 0.3) is 5.91 Å². The van der Waals surface area contributed by atoms with Crippen LogP contribution >= 0.6 is 0 Å². The van der Waals surface area contributed by atoms with E-state index in [9.17, 15) is 9.59 Å². The summed E-state index contributed by atoms with van der Waals surface area (Å²) in [4.78, 5) is 24.3. The summed E-state index contributed by atoms with van der Waals surface area (Å²) >= 11 is 0. The number of rotatable bonds is 7. The third-order valence-corrected chi connectivity index (χ3v) is 4.35. The smallest absolute Gasteiger partial charge is 0.291 e. The molecule has 1 heterocycles. The minimum absolute atomic E-state index is 0.0255. The van der Waals surface area contributed by atoms with E-state index in [2.05, 4.69) is 10.6 Å². The Bertz CT molecular complexity index is 977. The molecule has 28 heavy (non-hydrogen) atoms. The van der Waals surface area contributed by atoms with Crippen LogP contribution in [0.4, 0.5) is 11.4 Å². The fraction of sp³-hybridized carbons (Fsp3) is 0.182. The number of carbonyl (C=O) groups excluding carboxylic acids is 2. The molecule has 0 bridgehead atoms. The van der Waals surface area contributed by atoms with Gasteiger partial charge >= 0.3 is 0 Å². The molecule has 3 aromatic rings. The predicted octanol–water partition coefficient (Wildman–Crippen LogP) is 4.46. The second kappa shape index (κ2) is 8.00. The van der Waals surface area contributed by atoms with Gasteiger partial charge in [-0.05, 0) is 55.3 Å². The fourth-order valence-electron chi connectivity index (χ4n) is 2.71. The predicted molar refractivity (Wildman–Crippen MR) is 105 cm³/mol. The van der Waals surface area contributed by atoms with Gasteiger partial charge in [0.2, 0.25) is 5.91 Å². The van der Waals surface area contributed by atoms with Crippen molar-refractivity contribution < 1.29 is 18.7 Å². The molecule has 1 aromatic heterocycles. The van der Waals surface area contributed by atoms with Crippen molar-refractivity contribution in [1.29, 1.82) is 0 Å². The molecule has 6 nitrogen and oxygen atoms in total. The van der Waals surface area contributed by atoms with Crippen molar-refractivity contribution in [3.63, 3.8) is 0 Å². The molecule has 4 rings (SSSR count). The Morgan fingerprint density at radius 3 is 2.43 bits per heavy atom. The molecule has 1 aliphatic rings. The average molecular weight is 376 g/mol. The van der Waals surface area contributed by atoms with Crippen LogP contribution in [0.5, 0.6) is 5.75 Å². The molecule has 1 saturated carbocycles. The number of carbonyl (C=O) groups is 2. The van der Waals surface area contributed by atoms with Gasteiger partial charge in [-0.2, -0.15) is 0 Å². The molecular weight excluding hydrogens is 356 g/mol. The molecule has 142 valence electrons. The molecule has 0 atom stereocenters. The molecule has 0 saturated heterocycles. The molecule has 0 aliphatic heterocycles. The summed E-state index contributed by atoms with van der Waals surface area (Å²) in [5, 5.41) is 5.64. The van der Waals surface area contributed by atoms with E-state index < -0.39 is 0 Å². The van der Waals surface area contributed by atoms with Crippen LogP contribution < -0.4 is 15.4 Å². The number of nitrogens with one attached hydrogen (secondary N) is 2. The lowest BCUT2D eigenvalue weighted by atomic mass is 10.2. The lowest BCUT2D eigenvalue weighted by molar-refractivity contribution is -0.117. The average Bonchev–Trinajstić information content (AvgIpc) is 3.45. The Kier molecular flexibility index (Phi) is 5.10. The summed E-state index contributed by atoms with van der Waals surface area (Å²) in [5.41, 5.74) is 1.24. The molecule has 1 aliphatic carbocycles. The maximum atomic E-state index is 12.4. The summed E-state index contributed by atoms with van der Waals surface area (Å²) in [6, 6.07) is 19.8. The monoisotopic (exact) mass is 376 g/mol. The Morgan fingerprint density at radius 1 is 0.929 bits per heavy atom. The molecule has 0 spiro atoms. The first-order valence-electron chi connectivity index (χ1n) is 9.16. The van der Waals surface area contributed by atoms with Crippen molar-refractivity contribution in [3.05, 3.63) is 78.3 Å². The van der Waals surface area contributed by atoms with Crippen LogP contribution in [-0.4, -0.2) is 11.8 Å². The highest BCUT2D eigenvalue weighted by Crippen LogP contribution is 2.30. The maximum Gasteiger partial charge on any atom is 0.291 e. The highest BCUT2D eigenvalue weighted by molar-refractivity contribution is 6.03. The van der Waals surface area contributed by atoms with E-state index in [0.29, 0.717) is 17.1 Å². The zero-order valence-electron chi connectivity index (χ0n) is 15.2. The highest BCUT2D eigenvalue weighted by Gasteiger charge is 2.29. The van der Waals surface area contributed by atoms with Gasteiger partial charge in [-0.1, -0.05) is 24.3 Å². The van der Waals surface area contributed by atoms with Crippen molar-refractivity contribution in [2.75, 3.05) is 10.6 Å². The van der Waals surface area contributed by atoms with Crippen LogP contribution in [0.25, 0.3) is 0 Å². The van der Waals surface area contributed by atoms with Gasteiger partial charge in [0, 0.05) is 17.3 Å². The van der Waals surface area contributed by atoms with E-state index in [-0.39, 0.29) is 30.1 Å². The molecule has 6 heteroatoms. The van der Waals surface area contributed by atoms with E-state index in [1.807, 2.05) is 30.3 Å². The van der Waals surface area contributed by atoms with Crippen molar-refractivity contribution in [2.24, 2.45) is 5.92 Å². The normalized spacial score (nSPS) is 13.0. The van der Waals surface area contributed by atoms with Crippen LogP contribution in [0.3, 0.4) is 0 Å². The van der Waals surface area contributed by atoms with Gasteiger partial charge in [-0.15, -0.1) is 0 Å². The van der Waals surface area contributed by atoms with E-state index in [4.69, 9.17) is 9.15 Å². The van der Waals surface area contributed by atoms with Gasteiger partial charge in [0.05, 0.1) is 0 Å². The number of ether oxygens (including phenoxy) is 1. The summed E-state index contributed by atoms with van der Waals surface area (Å²) in [6.45, 7) is 0.236. The SMILES string of the molecule is O=C(Nc1cccc(NC(=O)C2CC2)c1)c1ccc(COc2ccccc2)o1. The minimum atomic E-state index is -0.364. The first-order chi connectivity index (χ1) is 13.7. The Labute approximate surface area is 162 Å². The third kappa shape index (κ3) is 4.59. The molecular formula is C22H20N2O4. The second-order valence-corrected chi connectivity index (χ2v) is 6.67. The number of amides is 2. The zero-order chi connectivity index (χ0) is 19.3. The van der Waals surface area contributed by atoms with Crippen molar-refractivity contribution in [3.8, 4) is 5.75 Å². The van der Waals surface area contributed by atoms with Crippen LogP contribution in [0, 0.1) is 5.92 Å². The molecule has 0 radical (unpaired) electrons. The number of para-hydroxylation sites is 1. The van der Waals surface area contributed by atoms with Crippen LogP contribution in [-0.2, 0) is 11.4 Å². The fourth-order valence-corrected chi connectivity index (χ4v) is 2.71. The topological polar surface area (TPSA) is 80.6 Å². The molecule has 1 fully saturated rings. The first kappa shape index (κ1) is 17.9. The maximum absolute atomic E-state index is 12.4. The van der Waals surface area contributed by atoms with Crippen molar-refractivity contribution in [1.82, 2.24) is 0 Å². The summed E-state index contributed by atoms with van der Waals surface area (Å²) in [7, 11) is 0. The lowest BCUT2D eigenvalue weighted by Crippen LogP contribution is -2.14. The summed E-state index contributed by atoms with van der Waals surface area (Å²) in [6.07, 6.45) is 1.88. The van der Waals surface area contributed by atoms with Gasteiger partial charge in [0.1, 0.15) is 18.1 Å². The third-order valence-electron chi connectivity index (χ3n) is 4.35. The second-order valence-electron chi connectivity index (χ2n) is 6.67. The largest absolute Gasteiger partial charge is 0.486 e. The molecule has 2 amide bonds. The van der Waals surface area contributed by atoms with Crippen molar-refractivity contribution in [2.45, 2.75) is 19.4 Å². The van der Waals surface area contributed by atoms with Gasteiger partial charge in [-0.25, -0.2) is 0 Å². The van der Waals surface area contributed by atoms with Gasteiger partial charge in [0.15, 0.2) is 5.76 Å². The first-order valence-corrected chi connectivity index (χ1v) is 9.16. The van der Waals surface area contributed by atoms with Crippen LogP contribution in [0.1, 0.15) is 29.2 Å². The zero-order valence-corrected chi connectivity index (χ0v) is 15.2. The number of hydrogen-bond donors (Lipinski definition) is 2. The number of anilines is 2. The van der Waals surface area contributed by atoms with Gasteiger partial charge < -0.3 is 19.8 Å². The minimum Gasteiger partial charge on any atom is -0.486 e. The standard InChI is InChI=1S/C22H20N2O4/c25-21(15-9-10-15)23-16-5-4-6-17(13-16)24-22(26)20-12-11-19(28-20)14-27-18-7-2-1-3-8-18/h1-8,11-13,15H,9-10,14H2,(H,23,25)(H,24,26). The lowest BCUT2D eigenvalue weighted by Gasteiger charge is -2.08. The van der Waals surface area contributed by atoms with E-state index in [1.54, 1.807) is 36.4 Å². The number of furan rings is 1. The Hall–Kier alpha value is -3.54. The summed E-state index contributed by atoms with van der Waals surface area (Å²) < 4.78 is 11.2. The van der Waals surface area contributed by atoms with Crippen LogP contribution in [0.2, 0.25) is 0 Å². The Morgan fingerprint density at radius 2 is 1.68 bits per heavy atom. The number of benzene rings is 2. The van der Waals surface area contributed by atoms with E-state index >= 15 is 0 Å². The Balaban J connectivity index is 1.34. The highest BCUT2D eigenvalue weighted by atomic mass is 16.5. The van der Waals surface area contributed by atoms with Gasteiger partial charge in [-0.3, -0.25) is 9.59 Å². The van der Waals surface area contributed by atoms with Crippen LogP contribution in [0.15, 0.2) is 71.1 Å². The molecule has 0 unspecified atom stereocenters. The molecule has 2 aromatic carbocycles. The molecule has 2 N–H and O–H groups in total. The number of hydrogen-bond acceptors (Lipinski definition) is 4.